The Morgan fingerprint density at radius 1 is 1.30 bits per heavy atom. The average Bonchev–Trinajstić information content (AvgIpc) is 2.78. The Morgan fingerprint density at radius 2 is 2.10 bits per heavy atom. The summed E-state index contributed by atoms with van der Waals surface area (Å²) >= 11 is 0. The van der Waals surface area contributed by atoms with Crippen LogP contribution in [0.3, 0.4) is 0 Å². The Hall–Kier alpha value is -2.10. The molecular formula is C16H19NO3. The van der Waals surface area contributed by atoms with E-state index in [-0.39, 0.29) is 5.76 Å². The number of ether oxygens (including phenoxy) is 1. The Morgan fingerprint density at radius 3 is 2.80 bits per heavy atom. The van der Waals surface area contributed by atoms with Crippen LogP contribution in [-0.2, 0) is 17.6 Å². The fourth-order valence-electron chi connectivity index (χ4n) is 2.13. The number of rotatable bonds is 5. The Kier molecular flexibility index (Phi) is 4.56. The van der Waals surface area contributed by atoms with Crippen molar-refractivity contribution in [3.05, 3.63) is 52.7 Å². The summed E-state index contributed by atoms with van der Waals surface area (Å²) in [5.74, 6) is 0.289. The van der Waals surface area contributed by atoms with E-state index in [2.05, 4.69) is 30.1 Å². The number of benzene rings is 1. The molecule has 0 aliphatic carbocycles. The molecule has 0 aliphatic heterocycles. The van der Waals surface area contributed by atoms with Gasteiger partial charge in [-0.2, -0.15) is 0 Å². The average molecular weight is 273 g/mol. The van der Waals surface area contributed by atoms with Crippen LogP contribution in [0.2, 0.25) is 0 Å². The number of nitrogens with zero attached hydrogens (tertiary/aromatic N) is 1. The van der Waals surface area contributed by atoms with Gasteiger partial charge in [-0.3, -0.25) is 0 Å². The lowest BCUT2D eigenvalue weighted by Gasteiger charge is -2.03. The molecule has 0 amide bonds. The maximum absolute atomic E-state index is 11.8. The van der Waals surface area contributed by atoms with E-state index in [1.165, 1.54) is 11.1 Å². The predicted octanol–water partition coefficient (Wildman–Crippen LogP) is 3.25. The highest BCUT2D eigenvalue weighted by molar-refractivity contribution is 5.87. The van der Waals surface area contributed by atoms with Gasteiger partial charge in [-0.15, -0.1) is 0 Å². The number of esters is 1. The molecule has 0 bridgehead atoms. The van der Waals surface area contributed by atoms with Gasteiger partial charge >= 0.3 is 5.97 Å². The molecule has 0 saturated heterocycles. The lowest BCUT2D eigenvalue weighted by atomic mass is 10.1. The Bertz CT molecular complexity index is 602. The lowest BCUT2D eigenvalue weighted by molar-refractivity contribution is 0.0487. The second-order valence-electron chi connectivity index (χ2n) is 4.72. The van der Waals surface area contributed by atoms with Gasteiger partial charge in [0.2, 0.25) is 5.76 Å². The van der Waals surface area contributed by atoms with Crippen molar-refractivity contribution in [3.8, 4) is 0 Å². The third-order valence-electron chi connectivity index (χ3n) is 3.00. The topological polar surface area (TPSA) is 52.3 Å². The minimum atomic E-state index is -0.438. The second-order valence-corrected chi connectivity index (χ2v) is 4.72. The molecule has 2 aromatic rings. The predicted molar refractivity (Wildman–Crippen MR) is 75.8 cm³/mol. The van der Waals surface area contributed by atoms with Crippen LogP contribution in [-0.4, -0.2) is 17.6 Å². The normalized spacial score (nSPS) is 10.6. The third kappa shape index (κ3) is 3.47. The van der Waals surface area contributed by atoms with E-state index in [1.54, 1.807) is 13.8 Å². The number of hydrogen-bond acceptors (Lipinski definition) is 4. The van der Waals surface area contributed by atoms with Gasteiger partial charge in [-0.25, -0.2) is 9.78 Å². The SMILES string of the molecule is CCOC(=O)c1oc(C)nc1CCc1cccc(C)c1. The largest absolute Gasteiger partial charge is 0.460 e. The van der Waals surface area contributed by atoms with E-state index >= 15 is 0 Å². The molecule has 4 heteroatoms. The zero-order valence-corrected chi connectivity index (χ0v) is 12.1. The monoisotopic (exact) mass is 273 g/mol. The first kappa shape index (κ1) is 14.3. The molecule has 0 saturated carbocycles. The fraction of sp³-hybridized carbons (Fsp3) is 0.375. The highest BCUT2D eigenvalue weighted by Gasteiger charge is 2.19. The number of carbonyl (C=O) groups is 1. The summed E-state index contributed by atoms with van der Waals surface area (Å²) in [6, 6.07) is 8.31. The zero-order valence-electron chi connectivity index (χ0n) is 12.1. The van der Waals surface area contributed by atoms with Gasteiger partial charge in [0, 0.05) is 6.92 Å². The summed E-state index contributed by atoms with van der Waals surface area (Å²) in [4.78, 5) is 16.1. The molecule has 1 heterocycles. The van der Waals surface area contributed by atoms with Crippen LogP contribution < -0.4 is 0 Å². The van der Waals surface area contributed by atoms with Gasteiger partial charge in [0.1, 0.15) is 0 Å². The first-order valence-corrected chi connectivity index (χ1v) is 6.79. The van der Waals surface area contributed by atoms with Crippen molar-refractivity contribution < 1.29 is 13.9 Å². The maximum Gasteiger partial charge on any atom is 0.376 e. The van der Waals surface area contributed by atoms with Crippen molar-refractivity contribution >= 4 is 5.97 Å². The van der Waals surface area contributed by atoms with E-state index in [0.717, 1.165) is 6.42 Å². The van der Waals surface area contributed by atoms with Crippen LogP contribution in [0.5, 0.6) is 0 Å². The molecule has 0 fully saturated rings. The molecule has 2 rings (SSSR count). The van der Waals surface area contributed by atoms with Crippen molar-refractivity contribution in [3.63, 3.8) is 0 Å². The van der Waals surface area contributed by atoms with Crippen molar-refractivity contribution in [1.29, 1.82) is 0 Å². The second kappa shape index (κ2) is 6.37. The van der Waals surface area contributed by atoms with Gasteiger partial charge in [0.05, 0.1) is 12.3 Å². The number of aromatic nitrogens is 1. The standard InChI is InChI=1S/C16H19NO3/c1-4-19-16(18)15-14(17-12(3)20-15)9-8-13-7-5-6-11(2)10-13/h5-7,10H,4,8-9H2,1-3H3. The fourth-order valence-corrected chi connectivity index (χ4v) is 2.13. The smallest absolute Gasteiger partial charge is 0.376 e. The van der Waals surface area contributed by atoms with Crippen molar-refractivity contribution in [2.24, 2.45) is 0 Å². The van der Waals surface area contributed by atoms with E-state index in [4.69, 9.17) is 9.15 Å². The number of hydrogen-bond donors (Lipinski definition) is 0. The molecule has 0 radical (unpaired) electrons. The molecule has 1 aromatic heterocycles. The van der Waals surface area contributed by atoms with Crippen molar-refractivity contribution in [2.75, 3.05) is 6.61 Å². The van der Waals surface area contributed by atoms with E-state index in [9.17, 15) is 4.79 Å². The van der Waals surface area contributed by atoms with E-state index in [0.29, 0.717) is 24.6 Å². The molecule has 20 heavy (non-hydrogen) atoms. The van der Waals surface area contributed by atoms with Crippen molar-refractivity contribution in [1.82, 2.24) is 4.98 Å². The first-order valence-electron chi connectivity index (χ1n) is 6.79. The Labute approximate surface area is 118 Å². The molecule has 0 unspecified atom stereocenters. The number of carbonyl (C=O) groups excluding carboxylic acids is 1. The van der Waals surface area contributed by atoms with Crippen LogP contribution in [0.25, 0.3) is 0 Å². The van der Waals surface area contributed by atoms with Gasteiger partial charge < -0.3 is 9.15 Å². The summed E-state index contributed by atoms with van der Waals surface area (Å²) in [5.41, 5.74) is 3.12. The molecule has 0 atom stereocenters. The van der Waals surface area contributed by atoms with Gasteiger partial charge in [0.25, 0.3) is 0 Å². The van der Waals surface area contributed by atoms with Gasteiger partial charge in [-0.1, -0.05) is 29.8 Å². The highest BCUT2D eigenvalue weighted by Crippen LogP contribution is 2.15. The number of aryl methyl sites for hydroxylation is 4. The maximum atomic E-state index is 11.8. The summed E-state index contributed by atoms with van der Waals surface area (Å²) in [6.07, 6.45) is 1.48. The molecule has 0 spiro atoms. The zero-order chi connectivity index (χ0) is 14.5. The van der Waals surface area contributed by atoms with Crippen LogP contribution in [0.4, 0.5) is 0 Å². The van der Waals surface area contributed by atoms with Gasteiger partial charge in [-0.05, 0) is 32.3 Å². The summed E-state index contributed by atoms with van der Waals surface area (Å²) in [7, 11) is 0. The molecule has 0 aliphatic rings. The molecular weight excluding hydrogens is 254 g/mol. The summed E-state index contributed by atoms with van der Waals surface area (Å²) in [5, 5.41) is 0. The minimum Gasteiger partial charge on any atom is -0.460 e. The Balaban J connectivity index is 2.11. The summed E-state index contributed by atoms with van der Waals surface area (Å²) in [6.45, 7) is 5.90. The first-order chi connectivity index (χ1) is 9.60. The number of oxazole rings is 1. The van der Waals surface area contributed by atoms with Crippen LogP contribution in [0.1, 0.15) is 40.2 Å². The molecule has 106 valence electrons. The van der Waals surface area contributed by atoms with E-state index in [1.807, 2.05) is 6.07 Å². The van der Waals surface area contributed by atoms with E-state index < -0.39 is 5.97 Å². The quantitative estimate of drug-likeness (QED) is 0.785. The lowest BCUT2D eigenvalue weighted by Crippen LogP contribution is -2.07. The highest BCUT2D eigenvalue weighted by atomic mass is 16.5. The van der Waals surface area contributed by atoms with Crippen LogP contribution >= 0.6 is 0 Å². The van der Waals surface area contributed by atoms with Crippen LogP contribution in [0.15, 0.2) is 28.7 Å². The molecule has 0 N–H and O–H groups in total. The summed E-state index contributed by atoms with van der Waals surface area (Å²) < 4.78 is 10.3. The van der Waals surface area contributed by atoms with Crippen LogP contribution in [0, 0.1) is 13.8 Å². The minimum absolute atomic E-state index is 0.233. The molecule has 1 aromatic carbocycles. The van der Waals surface area contributed by atoms with Gasteiger partial charge in [0.15, 0.2) is 5.89 Å². The molecule has 4 nitrogen and oxygen atoms in total. The van der Waals surface area contributed by atoms with Crippen molar-refractivity contribution in [2.45, 2.75) is 33.6 Å². The third-order valence-corrected chi connectivity index (χ3v) is 3.00.